The molecule has 0 unspecified atom stereocenters. The van der Waals surface area contributed by atoms with Gasteiger partial charge in [0, 0.05) is 26.2 Å². The predicted molar refractivity (Wildman–Crippen MR) is 79.1 cm³/mol. The van der Waals surface area contributed by atoms with Crippen molar-refractivity contribution in [1.82, 2.24) is 9.80 Å². The first-order valence-corrected chi connectivity index (χ1v) is 7.48. The maximum absolute atomic E-state index is 9.20. The molecular formula is C16H26N2O. The number of aliphatic hydroxyl groups excluding tert-OH is 1. The van der Waals surface area contributed by atoms with Crippen LogP contribution in [0.2, 0.25) is 0 Å². The third-order valence-corrected chi connectivity index (χ3v) is 3.85. The molecule has 1 N–H and O–H groups in total. The van der Waals surface area contributed by atoms with Crippen LogP contribution in [-0.4, -0.2) is 54.2 Å². The van der Waals surface area contributed by atoms with E-state index in [1.807, 2.05) is 6.07 Å². The van der Waals surface area contributed by atoms with E-state index in [4.69, 9.17) is 0 Å². The van der Waals surface area contributed by atoms with Crippen LogP contribution in [0.1, 0.15) is 24.8 Å². The van der Waals surface area contributed by atoms with Crippen molar-refractivity contribution in [2.75, 3.05) is 39.3 Å². The molecule has 1 fully saturated rings. The van der Waals surface area contributed by atoms with Crippen molar-refractivity contribution in [1.29, 1.82) is 0 Å². The van der Waals surface area contributed by atoms with E-state index in [1.54, 1.807) is 0 Å². The third kappa shape index (κ3) is 5.31. The lowest BCUT2D eigenvalue weighted by molar-refractivity contribution is 0.152. The van der Waals surface area contributed by atoms with Crippen LogP contribution in [0.4, 0.5) is 0 Å². The molecule has 106 valence electrons. The van der Waals surface area contributed by atoms with Crippen LogP contribution in [0.3, 0.4) is 0 Å². The normalized spacial score (nSPS) is 16.9. The third-order valence-electron chi connectivity index (χ3n) is 3.85. The fourth-order valence-electron chi connectivity index (χ4n) is 2.72. The predicted octanol–water partition coefficient (Wildman–Crippen LogP) is 1.97. The van der Waals surface area contributed by atoms with Crippen LogP contribution in [-0.2, 0) is 6.54 Å². The minimum atomic E-state index is 0.243. The molecule has 2 rings (SSSR count). The summed E-state index contributed by atoms with van der Waals surface area (Å²) < 4.78 is 0. The van der Waals surface area contributed by atoms with Gasteiger partial charge in [-0.2, -0.15) is 0 Å². The van der Waals surface area contributed by atoms with Crippen molar-refractivity contribution in [3.05, 3.63) is 35.9 Å². The number of piperidine rings is 1. The topological polar surface area (TPSA) is 26.7 Å². The summed E-state index contributed by atoms with van der Waals surface area (Å²) in [5.74, 6) is 0. The molecule has 19 heavy (non-hydrogen) atoms. The van der Waals surface area contributed by atoms with Crippen molar-refractivity contribution in [2.45, 2.75) is 25.8 Å². The van der Waals surface area contributed by atoms with Crippen molar-refractivity contribution in [2.24, 2.45) is 0 Å². The van der Waals surface area contributed by atoms with Crippen molar-refractivity contribution < 1.29 is 5.11 Å². The highest BCUT2D eigenvalue weighted by Crippen LogP contribution is 2.09. The van der Waals surface area contributed by atoms with Crippen molar-refractivity contribution >= 4 is 0 Å². The average molecular weight is 262 g/mol. The Morgan fingerprint density at radius 1 is 1.00 bits per heavy atom. The Hall–Kier alpha value is -0.900. The highest BCUT2D eigenvalue weighted by molar-refractivity contribution is 5.14. The summed E-state index contributed by atoms with van der Waals surface area (Å²) in [6, 6.07) is 10.5. The van der Waals surface area contributed by atoms with E-state index in [2.05, 4.69) is 34.1 Å². The van der Waals surface area contributed by atoms with Gasteiger partial charge in [0.05, 0.1) is 6.61 Å². The maximum Gasteiger partial charge on any atom is 0.0558 e. The lowest BCUT2D eigenvalue weighted by Gasteiger charge is -2.29. The van der Waals surface area contributed by atoms with Crippen LogP contribution in [0, 0.1) is 0 Å². The monoisotopic (exact) mass is 262 g/mol. The molecule has 3 heteroatoms. The van der Waals surface area contributed by atoms with Crippen LogP contribution in [0.5, 0.6) is 0 Å². The maximum atomic E-state index is 9.20. The van der Waals surface area contributed by atoms with Gasteiger partial charge in [-0.05, 0) is 31.5 Å². The zero-order valence-corrected chi connectivity index (χ0v) is 11.8. The van der Waals surface area contributed by atoms with E-state index in [0.29, 0.717) is 0 Å². The standard InChI is InChI=1S/C16H26N2O/c19-14-13-18(15-16-7-3-1-4-8-16)12-11-17-9-5-2-6-10-17/h1,3-4,7-8,19H,2,5-6,9-15H2. The van der Waals surface area contributed by atoms with Gasteiger partial charge in [0.2, 0.25) is 0 Å². The Balaban J connectivity index is 1.78. The number of benzene rings is 1. The van der Waals surface area contributed by atoms with Gasteiger partial charge in [0.15, 0.2) is 0 Å². The fourth-order valence-corrected chi connectivity index (χ4v) is 2.72. The second-order valence-corrected chi connectivity index (χ2v) is 5.39. The number of nitrogens with zero attached hydrogens (tertiary/aromatic N) is 2. The fraction of sp³-hybridized carbons (Fsp3) is 0.625. The zero-order chi connectivity index (χ0) is 13.3. The van der Waals surface area contributed by atoms with Crippen molar-refractivity contribution in [3.63, 3.8) is 0 Å². The number of aliphatic hydroxyl groups is 1. The molecule has 3 nitrogen and oxygen atoms in total. The second kappa shape index (κ2) is 8.31. The Morgan fingerprint density at radius 3 is 2.42 bits per heavy atom. The summed E-state index contributed by atoms with van der Waals surface area (Å²) in [6.45, 7) is 6.63. The summed E-state index contributed by atoms with van der Waals surface area (Å²) in [5, 5.41) is 9.20. The number of rotatable bonds is 7. The minimum absolute atomic E-state index is 0.243. The number of hydrogen-bond acceptors (Lipinski definition) is 3. The lowest BCUT2D eigenvalue weighted by Crippen LogP contribution is -2.38. The van der Waals surface area contributed by atoms with Gasteiger partial charge in [0.1, 0.15) is 0 Å². The zero-order valence-electron chi connectivity index (χ0n) is 11.8. The smallest absolute Gasteiger partial charge is 0.0558 e. The summed E-state index contributed by atoms with van der Waals surface area (Å²) in [4.78, 5) is 4.91. The van der Waals surface area contributed by atoms with Crippen LogP contribution in [0.25, 0.3) is 0 Å². The minimum Gasteiger partial charge on any atom is -0.395 e. The highest BCUT2D eigenvalue weighted by atomic mass is 16.3. The Labute approximate surface area is 116 Å². The molecule has 1 aromatic carbocycles. The molecule has 0 saturated carbocycles. The molecule has 1 heterocycles. The summed E-state index contributed by atoms with van der Waals surface area (Å²) in [5.41, 5.74) is 1.33. The Bertz CT molecular complexity index is 336. The molecule has 0 spiro atoms. The SMILES string of the molecule is OCCN(CCN1CCCCC1)Cc1ccccc1. The molecule has 0 amide bonds. The van der Waals surface area contributed by atoms with Crippen LogP contribution < -0.4 is 0 Å². The van der Waals surface area contributed by atoms with Gasteiger partial charge in [-0.25, -0.2) is 0 Å². The second-order valence-electron chi connectivity index (χ2n) is 5.39. The van der Waals surface area contributed by atoms with Crippen molar-refractivity contribution in [3.8, 4) is 0 Å². The Kier molecular flexibility index (Phi) is 6.34. The van der Waals surface area contributed by atoms with E-state index in [-0.39, 0.29) is 6.61 Å². The molecular weight excluding hydrogens is 236 g/mol. The van der Waals surface area contributed by atoms with Crippen LogP contribution >= 0.6 is 0 Å². The highest BCUT2D eigenvalue weighted by Gasteiger charge is 2.12. The first kappa shape index (κ1) is 14.5. The molecule has 1 aliphatic rings. The van der Waals surface area contributed by atoms with Crippen LogP contribution in [0.15, 0.2) is 30.3 Å². The van der Waals surface area contributed by atoms with Gasteiger partial charge in [0.25, 0.3) is 0 Å². The van der Waals surface area contributed by atoms with E-state index < -0.39 is 0 Å². The van der Waals surface area contributed by atoms with Gasteiger partial charge < -0.3 is 10.0 Å². The lowest BCUT2D eigenvalue weighted by atomic mass is 10.1. The molecule has 1 aliphatic heterocycles. The molecule has 1 saturated heterocycles. The van der Waals surface area contributed by atoms with Gasteiger partial charge in [-0.15, -0.1) is 0 Å². The quantitative estimate of drug-likeness (QED) is 0.814. The van der Waals surface area contributed by atoms with Gasteiger partial charge >= 0.3 is 0 Å². The summed E-state index contributed by atoms with van der Waals surface area (Å²) >= 11 is 0. The number of likely N-dealkylation sites (tertiary alicyclic amines) is 1. The number of hydrogen-bond donors (Lipinski definition) is 1. The Morgan fingerprint density at radius 2 is 1.74 bits per heavy atom. The van der Waals surface area contributed by atoms with Gasteiger partial charge in [-0.1, -0.05) is 36.8 Å². The molecule has 0 bridgehead atoms. The molecule has 0 aliphatic carbocycles. The van der Waals surface area contributed by atoms with E-state index >= 15 is 0 Å². The molecule has 0 aromatic heterocycles. The first-order chi connectivity index (χ1) is 9.38. The summed E-state index contributed by atoms with van der Waals surface area (Å²) in [7, 11) is 0. The molecule has 0 atom stereocenters. The largest absolute Gasteiger partial charge is 0.395 e. The molecule has 1 aromatic rings. The first-order valence-electron chi connectivity index (χ1n) is 7.48. The summed E-state index contributed by atoms with van der Waals surface area (Å²) in [6.07, 6.45) is 4.08. The van der Waals surface area contributed by atoms with E-state index in [1.165, 1.54) is 37.9 Å². The van der Waals surface area contributed by atoms with E-state index in [9.17, 15) is 5.11 Å². The van der Waals surface area contributed by atoms with E-state index in [0.717, 1.165) is 26.2 Å². The molecule has 0 radical (unpaired) electrons. The average Bonchev–Trinajstić information content (AvgIpc) is 2.47. The van der Waals surface area contributed by atoms with Gasteiger partial charge in [-0.3, -0.25) is 4.90 Å².